The first kappa shape index (κ1) is 11.5. The van der Waals surface area contributed by atoms with Gasteiger partial charge < -0.3 is 15.0 Å². The molecule has 1 heterocycles. The molecule has 1 aliphatic heterocycles. The maximum atomic E-state index is 10.6. The zero-order valence-electron chi connectivity index (χ0n) is 9.25. The summed E-state index contributed by atoms with van der Waals surface area (Å²) in [6.07, 6.45) is 1.03. The summed E-state index contributed by atoms with van der Waals surface area (Å²) in [5.41, 5.74) is 0.104. The van der Waals surface area contributed by atoms with Crippen LogP contribution in [-0.4, -0.2) is 49.2 Å². The molecule has 1 aliphatic rings. The molecule has 0 aromatic heterocycles. The van der Waals surface area contributed by atoms with Gasteiger partial charge in [0, 0.05) is 25.2 Å². The van der Waals surface area contributed by atoms with Crippen LogP contribution in [0.2, 0.25) is 0 Å². The van der Waals surface area contributed by atoms with Crippen molar-refractivity contribution in [2.24, 2.45) is 0 Å². The lowest BCUT2D eigenvalue weighted by Crippen LogP contribution is -2.49. The van der Waals surface area contributed by atoms with Gasteiger partial charge in [0.25, 0.3) is 0 Å². The Morgan fingerprint density at radius 1 is 1.57 bits per heavy atom. The first-order chi connectivity index (χ1) is 6.51. The maximum absolute atomic E-state index is 10.6. The van der Waals surface area contributed by atoms with Gasteiger partial charge in [-0.05, 0) is 20.8 Å². The third-order valence-electron chi connectivity index (χ3n) is 2.18. The van der Waals surface area contributed by atoms with Crippen molar-refractivity contribution in [3.63, 3.8) is 0 Å². The van der Waals surface area contributed by atoms with E-state index >= 15 is 0 Å². The number of carbonyl (C=O) groups excluding carboxylic acids is 1. The molecule has 1 saturated heterocycles. The van der Waals surface area contributed by atoms with Crippen molar-refractivity contribution >= 4 is 6.41 Å². The first-order valence-electron chi connectivity index (χ1n) is 5.07. The molecule has 1 atom stereocenters. The summed E-state index contributed by atoms with van der Waals surface area (Å²) in [7, 11) is 0. The Labute approximate surface area is 85.6 Å². The van der Waals surface area contributed by atoms with Gasteiger partial charge in [0.1, 0.15) is 0 Å². The normalized spacial score (nSPS) is 23.6. The second-order valence-corrected chi connectivity index (χ2v) is 4.72. The minimum Gasteiger partial charge on any atom is -0.373 e. The average molecular weight is 200 g/mol. The van der Waals surface area contributed by atoms with E-state index in [1.165, 1.54) is 0 Å². The van der Waals surface area contributed by atoms with Crippen LogP contribution in [0.1, 0.15) is 20.8 Å². The van der Waals surface area contributed by atoms with E-state index in [-0.39, 0.29) is 11.6 Å². The minimum absolute atomic E-state index is 0.104. The van der Waals surface area contributed by atoms with Crippen LogP contribution in [0, 0.1) is 0 Å². The van der Waals surface area contributed by atoms with E-state index < -0.39 is 0 Å². The molecule has 0 aliphatic carbocycles. The van der Waals surface area contributed by atoms with Crippen molar-refractivity contribution in [2.75, 3.05) is 26.2 Å². The van der Waals surface area contributed by atoms with Gasteiger partial charge in [0.15, 0.2) is 0 Å². The quantitative estimate of drug-likeness (QED) is 0.663. The molecule has 0 aromatic carbocycles. The second kappa shape index (κ2) is 4.75. The lowest BCUT2D eigenvalue weighted by atomic mass is 10.1. The highest BCUT2D eigenvalue weighted by Crippen LogP contribution is 2.05. The summed E-state index contributed by atoms with van der Waals surface area (Å²) >= 11 is 0. The van der Waals surface area contributed by atoms with E-state index in [2.05, 4.69) is 26.1 Å². The van der Waals surface area contributed by atoms with Crippen LogP contribution in [0.4, 0.5) is 0 Å². The largest absolute Gasteiger partial charge is 0.373 e. The van der Waals surface area contributed by atoms with Gasteiger partial charge in [-0.2, -0.15) is 0 Å². The van der Waals surface area contributed by atoms with Crippen LogP contribution in [-0.2, 0) is 9.53 Å². The van der Waals surface area contributed by atoms with Crippen molar-refractivity contribution < 1.29 is 9.53 Å². The number of ether oxygens (including phenoxy) is 1. The molecule has 1 rings (SSSR count). The number of rotatable bonds is 3. The summed E-state index contributed by atoms with van der Waals surface area (Å²) in [4.78, 5) is 12.3. The third kappa shape index (κ3) is 4.07. The van der Waals surface area contributed by atoms with E-state index in [0.717, 1.165) is 19.5 Å². The predicted octanol–water partition coefficient (Wildman–Crippen LogP) is 0.232. The summed E-state index contributed by atoms with van der Waals surface area (Å²) < 4.78 is 5.54. The molecule has 0 unspecified atom stereocenters. The fourth-order valence-electron chi connectivity index (χ4n) is 1.38. The Morgan fingerprint density at radius 2 is 2.29 bits per heavy atom. The summed E-state index contributed by atoms with van der Waals surface area (Å²) in [5, 5.41) is 3.37. The number of amides is 1. The first-order valence-corrected chi connectivity index (χ1v) is 5.07. The number of carbonyl (C=O) groups is 1. The fraction of sp³-hybridized carbons (Fsp3) is 0.900. The van der Waals surface area contributed by atoms with Gasteiger partial charge >= 0.3 is 0 Å². The molecule has 1 N–H and O–H groups in total. The molecule has 82 valence electrons. The number of nitrogens with zero attached hydrogens (tertiary/aromatic N) is 1. The van der Waals surface area contributed by atoms with E-state index in [9.17, 15) is 4.79 Å². The van der Waals surface area contributed by atoms with Crippen LogP contribution in [0.15, 0.2) is 0 Å². The molecular formula is C10H20N2O2. The third-order valence-corrected chi connectivity index (χ3v) is 2.18. The van der Waals surface area contributed by atoms with Crippen LogP contribution in [0.5, 0.6) is 0 Å². The van der Waals surface area contributed by atoms with Gasteiger partial charge in [-0.15, -0.1) is 0 Å². The second-order valence-electron chi connectivity index (χ2n) is 4.72. The van der Waals surface area contributed by atoms with Gasteiger partial charge in [-0.1, -0.05) is 0 Å². The number of hydrogen-bond donors (Lipinski definition) is 1. The molecule has 1 amide bonds. The number of hydrogen-bond acceptors (Lipinski definition) is 3. The van der Waals surface area contributed by atoms with Crippen molar-refractivity contribution in [1.29, 1.82) is 0 Å². The van der Waals surface area contributed by atoms with Crippen molar-refractivity contribution in [3.8, 4) is 0 Å². The molecule has 4 heteroatoms. The molecule has 4 nitrogen and oxygen atoms in total. The zero-order valence-corrected chi connectivity index (χ0v) is 9.25. The SMILES string of the molecule is CC(C)(C)NC[C@@H]1CN(C=O)CCO1. The highest BCUT2D eigenvalue weighted by atomic mass is 16.5. The van der Waals surface area contributed by atoms with Crippen molar-refractivity contribution in [2.45, 2.75) is 32.4 Å². The number of morpholine rings is 1. The maximum Gasteiger partial charge on any atom is 0.209 e. The predicted molar refractivity (Wildman–Crippen MR) is 55.1 cm³/mol. The Balaban J connectivity index is 2.27. The molecule has 0 aromatic rings. The van der Waals surface area contributed by atoms with Crippen molar-refractivity contribution in [1.82, 2.24) is 10.2 Å². The zero-order chi connectivity index (χ0) is 10.6. The monoisotopic (exact) mass is 200 g/mol. The topological polar surface area (TPSA) is 41.6 Å². The van der Waals surface area contributed by atoms with E-state index in [1.54, 1.807) is 4.90 Å². The van der Waals surface area contributed by atoms with Gasteiger partial charge in [0.05, 0.1) is 12.7 Å². The van der Waals surface area contributed by atoms with Gasteiger partial charge in [0.2, 0.25) is 6.41 Å². The van der Waals surface area contributed by atoms with E-state index in [0.29, 0.717) is 13.2 Å². The standard InChI is InChI=1S/C10H20N2O2/c1-10(2,3)11-6-9-7-12(8-13)4-5-14-9/h8-9,11H,4-7H2,1-3H3/t9-/m1/s1. The Kier molecular flexibility index (Phi) is 3.89. The summed E-state index contributed by atoms with van der Waals surface area (Å²) in [6, 6.07) is 0. The van der Waals surface area contributed by atoms with Crippen LogP contribution < -0.4 is 5.32 Å². The minimum atomic E-state index is 0.104. The fourth-order valence-corrected chi connectivity index (χ4v) is 1.38. The van der Waals surface area contributed by atoms with Crippen molar-refractivity contribution in [3.05, 3.63) is 0 Å². The molecule has 0 spiro atoms. The Bertz CT molecular complexity index is 189. The smallest absolute Gasteiger partial charge is 0.209 e. The van der Waals surface area contributed by atoms with E-state index in [4.69, 9.17) is 4.74 Å². The highest BCUT2D eigenvalue weighted by Gasteiger charge is 2.20. The average Bonchev–Trinajstić information content (AvgIpc) is 2.14. The van der Waals surface area contributed by atoms with Gasteiger partial charge in [-0.3, -0.25) is 4.79 Å². The number of nitrogens with one attached hydrogen (secondary N) is 1. The highest BCUT2D eigenvalue weighted by molar-refractivity contribution is 5.47. The Hall–Kier alpha value is -0.610. The molecular weight excluding hydrogens is 180 g/mol. The summed E-state index contributed by atoms with van der Waals surface area (Å²) in [5.74, 6) is 0. The van der Waals surface area contributed by atoms with E-state index in [1.807, 2.05) is 0 Å². The molecule has 1 fully saturated rings. The van der Waals surface area contributed by atoms with Gasteiger partial charge in [-0.25, -0.2) is 0 Å². The Morgan fingerprint density at radius 3 is 2.86 bits per heavy atom. The lowest BCUT2D eigenvalue weighted by molar-refractivity contribution is -0.125. The molecule has 0 radical (unpaired) electrons. The van der Waals surface area contributed by atoms with Crippen LogP contribution in [0.25, 0.3) is 0 Å². The molecule has 14 heavy (non-hydrogen) atoms. The summed E-state index contributed by atoms with van der Waals surface area (Å²) in [6.45, 7) is 9.22. The molecule has 0 saturated carbocycles. The molecule has 0 bridgehead atoms. The lowest BCUT2D eigenvalue weighted by Gasteiger charge is -2.32. The van der Waals surface area contributed by atoms with Crippen LogP contribution in [0.3, 0.4) is 0 Å². The van der Waals surface area contributed by atoms with Crippen LogP contribution >= 0.6 is 0 Å².